The third kappa shape index (κ3) is 0.400. The van der Waals surface area contributed by atoms with Crippen molar-refractivity contribution in [3.05, 3.63) is 0 Å². The van der Waals surface area contributed by atoms with Crippen LogP contribution in [0.2, 0.25) is 0 Å². The van der Waals surface area contributed by atoms with Crippen molar-refractivity contribution in [3.63, 3.8) is 0 Å². The summed E-state index contributed by atoms with van der Waals surface area (Å²) in [6.45, 7) is 4.86. The SMILES string of the molecule is C.CC(C)C1C2C3C2C2C1C32. The van der Waals surface area contributed by atoms with Crippen LogP contribution in [0.25, 0.3) is 0 Å². The molecular weight excluding hydrogens is 132 g/mol. The van der Waals surface area contributed by atoms with Gasteiger partial charge in [-0.3, -0.25) is 0 Å². The second-order valence-corrected chi connectivity index (χ2v) is 5.29. The first-order chi connectivity index (χ1) is 4.82. The summed E-state index contributed by atoms with van der Waals surface area (Å²) in [6.07, 6.45) is 0. The lowest BCUT2D eigenvalue weighted by Gasteiger charge is -2.14. The first-order valence-electron chi connectivity index (χ1n) is 4.82. The average molecular weight is 150 g/mol. The van der Waals surface area contributed by atoms with Crippen molar-refractivity contribution in [1.29, 1.82) is 0 Å². The Hall–Kier alpha value is 0. The maximum absolute atomic E-state index is 2.43. The number of rotatable bonds is 1. The van der Waals surface area contributed by atoms with E-state index in [2.05, 4.69) is 13.8 Å². The van der Waals surface area contributed by atoms with Gasteiger partial charge < -0.3 is 0 Å². The molecule has 0 heterocycles. The molecule has 62 valence electrons. The molecule has 0 aliphatic heterocycles. The topological polar surface area (TPSA) is 0 Å². The molecule has 5 rings (SSSR count). The van der Waals surface area contributed by atoms with Crippen LogP contribution < -0.4 is 0 Å². The van der Waals surface area contributed by atoms with Gasteiger partial charge in [-0.05, 0) is 47.3 Å². The van der Waals surface area contributed by atoms with Crippen molar-refractivity contribution in [2.24, 2.45) is 47.3 Å². The summed E-state index contributed by atoms with van der Waals surface area (Å²) in [5.74, 6) is 9.81. The molecule has 0 radical (unpaired) electrons. The highest BCUT2D eigenvalue weighted by Crippen LogP contribution is 2.94. The third-order valence-corrected chi connectivity index (χ3v) is 4.93. The van der Waals surface area contributed by atoms with Crippen molar-refractivity contribution < 1.29 is 0 Å². The molecule has 2 bridgehead atoms. The van der Waals surface area contributed by atoms with Crippen LogP contribution in [0, 0.1) is 47.3 Å². The lowest BCUT2D eigenvalue weighted by Crippen LogP contribution is -2.09. The molecule has 0 atom stereocenters. The minimum atomic E-state index is 0. The van der Waals surface area contributed by atoms with Gasteiger partial charge in [0.25, 0.3) is 0 Å². The predicted molar refractivity (Wildman–Crippen MR) is 46.0 cm³/mol. The predicted octanol–water partition coefficient (Wildman–Crippen LogP) is 2.65. The van der Waals surface area contributed by atoms with E-state index >= 15 is 0 Å². The Kier molecular flexibility index (Phi) is 0.832. The molecule has 0 unspecified atom stereocenters. The molecule has 0 heteroatoms. The molecule has 5 fully saturated rings. The van der Waals surface area contributed by atoms with E-state index in [0.717, 1.165) is 5.92 Å². The Bertz CT molecular complexity index is 174. The monoisotopic (exact) mass is 150 g/mol. The highest BCUT2D eigenvalue weighted by molar-refractivity contribution is 5.37. The number of hydrogen-bond acceptors (Lipinski definition) is 0. The van der Waals surface area contributed by atoms with Gasteiger partial charge in [0.1, 0.15) is 0 Å². The molecule has 0 aromatic rings. The fourth-order valence-electron chi connectivity index (χ4n) is 4.85. The van der Waals surface area contributed by atoms with Crippen LogP contribution >= 0.6 is 0 Å². The molecule has 5 aliphatic rings. The second kappa shape index (κ2) is 1.41. The lowest BCUT2D eigenvalue weighted by atomic mass is 9.91. The van der Waals surface area contributed by atoms with E-state index in [1.165, 1.54) is 41.4 Å². The van der Waals surface area contributed by atoms with Gasteiger partial charge in [0.15, 0.2) is 0 Å². The van der Waals surface area contributed by atoms with Gasteiger partial charge >= 0.3 is 0 Å². The Morgan fingerprint density at radius 1 is 0.727 bits per heavy atom. The van der Waals surface area contributed by atoms with E-state index in [9.17, 15) is 0 Å². The summed E-state index contributed by atoms with van der Waals surface area (Å²) in [5, 5.41) is 0. The quantitative estimate of drug-likeness (QED) is 0.539. The van der Waals surface area contributed by atoms with Crippen molar-refractivity contribution in [2.45, 2.75) is 21.3 Å². The van der Waals surface area contributed by atoms with Crippen LogP contribution in [0.15, 0.2) is 0 Å². The van der Waals surface area contributed by atoms with Gasteiger partial charge in [-0.25, -0.2) is 0 Å². The van der Waals surface area contributed by atoms with Crippen LogP contribution in [-0.4, -0.2) is 0 Å². The van der Waals surface area contributed by atoms with Crippen molar-refractivity contribution >= 4 is 0 Å². The Morgan fingerprint density at radius 2 is 1.09 bits per heavy atom. The minimum absolute atomic E-state index is 0. The molecule has 5 saturated carbocycles. The number of hydrogen-bond donors (Lipinski definition) is 0. The summed E-state index contributed by atoms with van der Waals surface area (Å²) in [7, 11) is 0. The van der Waals surface area contributed by atoms with Gasteiger partial charge in [0.05, 0.1) is 0 Å². The molecule has 11 heavy (non-hydrogen) atoms. The summed E-state index contributed by atoms with van der Waals surface area (Å²) in [5.41, 5.74) is 0. The van der Waals surface area contributed by atoms with Crippen LogP contribution in [0.5, 0.6) is 0 Å². The maximum atomic E-state index is 2.43. The maximum Gasteiger partial charge on any atom is -0.0312 e. The van der Waals surface area contributed by atoms with Gasteiger partial charge in [-0.15, -0.1) is 0 Å². The van der Waals surface area contributed by atoms with E-state index in [4.69, 9.17) is 0 Å². The molecule has 0 aromatic heterocycles. The zero-order valence-corrected chi connectivity index (χ0v) is 6.62. The molecule has 0 spiro atoms. The summed E-state index contributed by atoms with van der Waals surface area (Å²) in [4.78, 5) is 0. The Morgan fingerprint density at radius 3 is 1.27 bits per heavy atom. The van der Waals surface area contributed by atoms with Gasteiger partial charge in [-0.1, -0.05) is 21.3 Å². The van der Waals surface area contributed by atoms with Crippen LogP contribution in [0.1, 0.15) is 21.3 Å². The largest absolute Gasteiger partial charge is 0.0776 e. The van der Waals surface area contributed by atoms with Crippen LogP contribution in [0.4, 0.5) is 0 Å². The first-order valence-corrected chi connectivity index (χ1v) is 4.82. The summed E-state index contributed by atoms with van der Waals surface area (Å²) >= 11 is 0. The molecule has 5 aliphatic carbocycles. The standard InChI is InChI=1S/C10H14.CH4/c1-3(2)4-5-7-8(5)10-6(4)9(7)10;/h3-10H,1-2H3;1H4. The van der Waals surface area contributed by atoms with Crippen LogP contribution in [0.3, 0.4) is 0 Å². The van der Waals surface area contributed by atoms with Gasteiger partial charge in [0, 0.05) is 0 Å². The Balaban J connectivity index is 0.000000422. The lowest BCUT2D eigenvalue weighted by molar-refractivity contribution is 0.338. The first kappa shape index (κ1) is 6.51. The van der Waals surface area contributed by atoms with Crippen molar-refractivity contribution in [3.8, 4) is 0 Å². The minimum Gasteiger partial charge on any atom is -0.0776 e. The molecule has 0 amide bonds. The fraction of sp³-hybridized carbons (Fsp3) is 1.00. The van der Waals surface area contributed by atoms with Crippen LogP contribution in [-0.2, 0) is 0 Å². The van der Waals surface area contributed by atoms with Crippen molar-refractivity contribution in [1.82, 2.24) is 0 Å². The molecule has 0 nitrogen and oxygen atoms in total. The third-order valence-electron chi connectivity index (χ3n) is 4.93. The second-order valence-electron chi connectivity index (χ2n) is 5.29. The van der Waals surface area contributed by atoms with Crippen molar-refractivity contribution in [2.75, 3.05) is 0 Å². The molecule has 0 N–H and O–H groups in total. The van der Waals surface area contributed by atoms with E-state index in [1.54, 1.807) is 0 Å². The van der Waals surface area contributed by atoms with Gasteiger partial charge in [0.2, 0.25) is 0 Å². The summed E-state index contributed by atoms with van der Waals surface area (Å²) < 4.78 is 0. The normalized spacial score (nSPS) is 71.7. The fourth-order valence-corrected chi connectivity index (χ4v) is 4.85. The molecular formula is C11H18. The van der Waals surface area contributed by atoms with E-state index in [-0.39, 0.29) is 7.43 Å². The average Bonchev–Trinajstić information content (AvgIpc) is 2.46. The molecule has 0 saturated heterocycles. The Labute approximate surface area is 69.4 Å². The van der Waals surface area contributed by atoms with E-state index < -0.39 is 0 Å². The summed E-state index contributed by atoms with van der Waals surface area (Å²) in [6, 6.07) is 0. The smallest absolute Gasteiger partial charge is 0.0312 e. The van der Waals surface area contributed by atoms with E-state index in [0.29, 0.717) is 0 Å². The highest BCUT2D eigenvalue weighted by atomic mass is 15.0. The van der Waals surface area contributed by atoms with Gasteiger partial charge in [-0.2, -0.15) is 0 Å². The van der Waals surface area contributed by atoms with E-state index in [1.807, 2.05) is 0 Å². The highest BCUT2D eigenvalue weighted by Gasteiger charge is 2.91. The zero-order chi connectivity index (χ0) is 6.62. The molecule has 0 aromatic carbocycles. The zero-order valence-electron chi connectivity index (χ0n) is 6.62.